The Bertz CT molecular complexity index is 476. The molecule has 2 rings (SSSR count). The maximum absolute atomic E-state index is 10.5. The van der Waals surface area contributed by atoms with Crippen molar-refractivity contribution in [1.29, 1.82) is 0 Å². The van der Waals surface area contributed by atoms with Gasteiger partial charge in [-0.1, -0.05) is 0 Å². The van der Waals surface area contributed by atoms with E-state index in [-0.39, 0.29) is 6.61 Å². The summed E-state index contributed by atoms with van der Waals surface area (Å²) >= 11 is 0. The van der Waals surface area contributed by atoms with Gasteiger partial charge in [0.05, 0.1) is 26.9 Å². The molecule has 1 aromatic rings. The van der Waals surface area contributed by atoms with Crippen LogP contribution in [0.3, 0.4) is 0 Å². The van der Waals surface area contributed by atoms with Crippen molar-refractivity contribution in [1.82, 2.24) is 9.80 Å². The lowest BCUT2D eigenvalue weighted by Gasteiger charge is -2.34. The van der Waals surface area contributed by atoms with Crippen LogP contribution >= 0.6 is 0 Å². The first-order valence-corrected chi connectivity index (χ1v) is 8.13. The first-order valence-electron chi connectivity index (χ1n) is 8.13. The van der Waals surface area contributed by atoms with Crippen LogP contribution in [0.1, 0.15) is 18.1 Å². The minimum atomic E-state index is -0.550. The SMILES string of the molecule is COc1ccc(C(O)CCN2CCN(CCO)CC2)c(OC)c1. The quantitative estimate of drug-likeness (QED) is 0.735. The lowest BCUT2D eigenvalue weighted by Crippen LogP contribution is -2.47. The average molecular weight is 324 g/mol. The van der Waals surface area contributed by atoms with Gasteiger partial charge in [0.15, 0.2) is 0 Å². The number of aliphatic hydroxyl groups excluding tert-OH is 2. The van der Waals surface area contributed by atoms with Gasteiger partial charge in [-0.15, -0.1) is 0 Å². The molecule has 6 nitrogen and oxygen atoms in total. The van der Waals surface area contributed by atoms with Gasteiger partial charge in [0, 0.05) is 50.9 Å². The lowest BCUT2D eigenvalue weighted by molar-refractivity contribution is 0.0916. The van der Waals surface area contributed by atoms with Gasteiger partial charge in [-0.3, -0.25) is 4.90 Å². The number of benzene rings is 1. The van der Waals surface area contributed by atoms with Crippen molar-refractivity contribution in [3.05, 3.63) is 23.8 Å². The Kier molecular flexibility index (Phi) is 7.11. The summed E-state index contributed by atoms with van der Waals surface area (Å²) in [5.41, 5.74) is 0.798. The average Bonchev–Trinajstić information content (AvgIpc) is 2.60. The van der Waals surface area contributed by atoms with Crippen LogP contribution in [0.25, 0.3) is 0 Å². The monoisotopic (exact) mass is 324 g/mol. The van der Waals surface area contributed by atoms with Gasteiger partial charge in [0.1, 0.15) is 11.5 Å². The van der Waals surface area contributed by atoms with E-state index in [0.29, 0.717) is 12.2 Å². The molecule has 6 heteroatoms. The topological polar surface area (TPSA) is 65.4 Å². The highest BCUT2D eigenvalue weighted by Crippen LogP contribution is 2.31. The standard InChI is InChI=1S/C17H28N2O4/c1-22-14-3-4-15(17(13-14)23-2)16(21)5-6-18-7-9-19(10-8-18)11-12-20/h3-4,13,16,20-21H,5-12H2,1-2H3. The number of piperazine rings is 1. The van der Waals surface area contributed by atoms with E-state index in [2.05, 4.69) is 9.80 Å². The fourth-order valence-electron chi connectivity index (χ4n) is 2.93. The summed E-state index contributed by atoms with van der Waals surface area (Å²) in [4.78, 5) is 4.62. The van der Waals surface area contributed by atoms with Crippen molar-refractivity contribution in [2.45, 2.75) is 12.5 Å². The molecule has 0 spiro atoms. The van der Waals surface area contributed by atoms with Crippen LogP contribution < -0.4 is 9.47 Å². The molecular formula is C17H28N2O4. The van der Waals surface area contributed by atoms with E-state index in [1.165, 1.54) is 0 Å². The normalized spacial score (nSPS) is 17.9. The molecule has 1 atom stereocenters. The van der Waals surface area contributed by atoms with E-state index in [9.17, 15) is 5.11 Å². The third-order valence-corrected chi connectivity index (χ3v) is 4.40. The zero-order valence-electron chi connectivity index (χ0n) is 14.1. The predicted octanol–water partition coefficient (Wildman–Crippen LogP) is 0.737. The minimum absolute atomic E-state index is 0.218. The van der Waals surface area contributed by atoms with Crippen molar-refractivity contribution in [3.8, 4) is 11.5 Å². The zero-order valence-corrected chi connectivity index (χ0v) is 14.1. The fraction of sp³-hybridized carbons (Fsp3) is 0.647. The third-order valence-electron chi connectivity index (χ3n) is 4.40. The second-order valence-corrected chi connectivity index (χ2v) is 5.82. The van der Waals surface area contributed by atoms with Gasteiger partial charge in [0.25, 0.3) is 0 Å². The predicted molar refractivity (Wildman–Crippen MR) is 89.1 cm³/mol. The highest BCUT2D eigenvalue weighted by atomic mass is 16.5. The molecule has 1 aliphatic rings. The van der Waals surface area contributed by atoms with Gasteiger partial charge in [0.2, 0.25) is 0 Å². The molecule has 130 valence electrons. The number of hydrogen-bond donors (Lipinski definition) is 2. The Morgan fingerprint density at radius 3 is 2.26 bits per heavy atom. The number of nitrogens with zero attached hydrogens (tertiary/aromatic N) is 2. The summed E-state index contributed by atoms with van der Waals surface area (Å²) in [5.74, 6) is 1.38. The van der Waals surface area contributed by atoms with E-state index in [1.807, 2.05) is 12.1 Å². The molecule has 1 aliphatic heterocycles. The Balaban J connectivity index is 1.84. The van der Waals surface area contributed by atoms with E-state index >= 15 is 0 Å². The highest BCUT2D eigenvalue weighted by Gasteiger charge is 2.19. The maximum Gasteiger partial charge on any atom is 0.128 e. The molecule has 0 aromatic heterocycles. The molecule has 1 heterocycles. The second kappa shape index (κ2) is 9.08. The van der Waals surface area contributed by atoms with E-state index in [0.717, 1.165) is 50.6 Å². The summed E-state index contributed by atoms with van der Waals surface area (Å²) in [6.07, 6.45) is 0.120. The molecule has 1 aromatic carbocycles. The van der Waals surface area contributed by atoms with Crippen LogP contribution in [0.4, 0.5) is 0 Å². The van der Waals surface area contributed by atoms with Crippen LogP contribution in [-0.4, -0.2) is 80.1 Å². The smallest absolute Gasteiger partial charge is 0.128 e. The summed E-state index contributed by atoms with van der Waals surface area (Å²) in [6.45, 7) is 5.72. The molecule has 1 fully saturated rings. The Labute approximate surface area is 138 Å². The first kappa shape index (κ1) is 18.0. The molecule has 0 aliphatic carbocycles. The van der Waals surface area contributed by atoms with Crippen molar-refractivity contribution in [2.24, 2.45) is 0 Å². The van der Waals surface area contributed by atoms with Crippen LogP contribution in [0.2, 0.25) is 0 Å². The molecule has 1 unspecified atom stereocenters. The fourth-order valence-corrected chi connectivity index (χ4v) is 2.93. The van der Waals surface area contributed by atoms with Crippen LogP contribution in [0, 0.1) is 0 Å². The summed E-state index contributed by atoms with van der Waals surface area (Å²) < 4.78 is 10.5. The number of hydrogen-bond acceptors (Lipinski definition) is 6. The Morgan fingerprint density at radius 1 is 1.04 bits per heavy atom. The molecule has 2 N–H and O–H groups in total. The highest BCUT2D eigenvalue weighted by molar-refractivity contribution is 5.41. The Hall–Kier alpha value is -1.34. The summed E-state index contributed by atoms with van der Waals surface area (Å²) in [7, 11) is 3.21. The third kappa shape index (κ3) is 5.07. The van der Waals surface area contributed by atoms with Crippen LogP contribution in [0.5, 0.6) is 11.5 Å². The zero-order chi connectivity index (χ0) is 16.7. The number of aliphatic hydroxyl groups is 2. The minimum Gasteiger partial charge on any atom is -0.497 e. The molecule has 0 radical (unpaired) electrons. The molecule has 0 saturated carbocycles. The van der Waals surface area contributed by atoms with Gasteiger partial charge >= 0.3 is 0 Å². The Morgan fingerprint density at radius 2 is 1.70 bits per heavy atom. The molecular weight excluding hydrogens is 296 g/mol. The van der Waals surface area contributed by atoms with E-state index < -0.39 is 6.10 Å². The van der Waals surface area contributed by atoms with Gasteiger partial charge in [-0.25, -0.2) is 0 Å². The van der Waals surface area contributed by atoms with Gasteiger partial charge in [-0.2, -0.15) is 0 Å². The van der Waals surface area contributed by atoms with Crippen molar-refractivity contribution < 1.29 is 19.7 Å². The molecule has 0 bridgehead atoms. The molecule has 0 amide bonds. The number of rotatable bonds is 8. The van der Waals surface area contributed by atoms with Crippen LogP contribution in [-0.2, 0) is 0 Å². The summed E-state index contributed by atoms with van der Waals surface area (Å²) in [5, 5.41) is 19.4. The maximum atomic E-state index is 10.5. The first-order chi connectivity index (χ1) is 11.2. The number of ether oxygens (including phenoxy) is 2. The van der Waals surface area contributed by atoms with Gasteiger partial charge < -0.3 is 24.6 Å². The lowest BCUT2D eigenvalue weighted by atomic mass is 10.0. The molecule has 1 saturated heterocycles. The largest absolute Gasteiger partial charge is 0.497 e. The van der Waals surface area contributed by atoms with Crippen LogP contribution in [0.15, 0.2) is 18.2 Å². The molecule has 23 heavy (non-hydrogen) atoms. The van der Waals surface area contributed by atoms with Crippen molar-refractivity contribution in [2.75, 3.05) is 60.1 Å². The summed E-state index contributed by atoms with van der Waals surface area (Å²) in [6, 6.07) is 5.50. The van der Waals surface area contributed by atoms with E-state index in [1.54, 1.807) is 20.3 Å². The van der Waals surface area contributed by atoms with Gasteiger partial charge in [-0.05, 0) is 18.6 Å². The number of β-amino-alcohol motifs (C(OH)–C–C–N with tert-alkyl or cyclic N) is 1. The van der Waals surface area contributed by atoms with Crippen molar-refractivity contribution in [3.63, 3.8) is 0 Å². The van der Waals surface area contributed by atoms with Crippen molar-refractivity contribution >= 4 is 0 Å². The van der Waals surface area contributed by atoms with E-state index in [4.69, 9.17) is 14.6 Å². The number of methoxy groups -OCH3 is 2. The second-order valence-electron chi connectivity index (χ2n) is 5.82.